The molecule has 0 saturated heterocycles. The van der Waals surface area contributed by atoms with Crippen LogP contribution in [-0.4, -0.2) is 20.1 Å². The molecule has 0 N–H and O–H groups in total. The monoisotopic (exact) mass is 323 g/mol. The third-order valence-corrected chi connectivity index (χ3v) is 3.49. The minimum atomic E-state index is -0.560. The first-order valence-electron chi connectivity index (χ1n) is 5.94. The number of halogens is 1. The lowest BCUT2D eigenvalue weighted by atomic mass is 10.0. The summed E-state index contributed by atoms with van der Waals surface area (Å²) >= 11 is 3.33. The Morgan fingerprint density at radius 1 is 1.37 bits per heavy atom. The maximum absolute atomic E-state index is 12.4. The molecule has 0 aliphatic rings. The fourth-order valence-corrected chi connectivity index (χ4v) is 2.15. The number of Topliss-reactive ketones (excluding diaryl/α,β-unsaturated/α-hetero) is 1. The average Bonchev–Trinajstić information content (AvgIpc) is 2.73. The van der Waals surface area contributed by atoms with E-state index in [1.165, 1.54) is 15.6 Å². The second kappa shape index (κ2) is 5.52. The highest BCUT2D eigenvalue weighted by molar-refractivity contribution is 9.10. The standard InChI is InChI=1S/C13H14BrN3O2/c1-3-11(17-13(19)16(2)8-15-17)12(18)9-4-6-10(14)7-5-9/h4-8,11H,3H2,1-2H3. The zero-order valence-corrected chi connectivity index (χ0v) is 12.3. The molecule has 0 aliphatic carbocycles. The van der Waals surface area contributed by atoms with Gasteiger partial charge in [-0.2, -0.15) is 5.10 Å². The first-order valence-corrected chi connectivity index (χ1v) is 6.73. The predicted octanol–water partition coefficient (Wildman–Crippen LogP) is 2.18. The SMILES string of the molecule is CCC(C(=O)c1ccc(Br)cc1)n1ncn(C)c1=O. The van der Waals surface area contributed by atoms with Crippen LogP contribution in [0.2, 0.25) is 0 Å². The van der Waals surface area contributed by atoms with Crippen LogP contribution in [0, 0.1) is 0 Å². The molecule has 0 bridgehead atoms. The molecule has 1 unspecified atom stereocenters. The highest BCUT2D eigenvalue weighted by Crippen LogP contribution is 2.18. The average molecular weight is 324 g/mol. The van der Waals surface area contributed by atoms with Crippen molar-refractivity contribution in [2.75, 3.05) is 0 Å². The Bertz CT molecular complexity index is 643. The lowest BCUT2D eigenvalue weighted by Gasteiger charge is -2.13. The molecule has 1 atom stereocenters. The number of nitrogens with zero attached hydrogens (tertiary/aromatic N) is 3. The van der Waals surface area contributed by atoms with Gasteiger partial charge >= 0.3 is 5.69 Å². The van der Waals surface area contributed by atoms with Gasteiger partial charge in [0.05, 0.1) is 0 Å². The van der Waals surface area contributed by atoms with Crippen molar-refractivity contribution < 1.29 is 4.79 Å². The van der Waals surface area contributed by atoms with Crippen LogP contribution in [0.15, 0.2) is 39.9 Å². The van der Waals surface area contributed by atoms with Gasteiger partial charge in [0.2, 0.25) is 0 Å². The third-order valence-electron chi connectivity index (χ3n) is 2.96. The molecule has 1 aromatic heterocycles. The number of ketones is 1. The second-order valence-corrected chi connectivity index (χ2v) is 5.18. The Labute approximate surface area is 119 Å². The number of carbonyl (C=O) groups excluding carboxylic acids is 1. The van der Waals surface area contributed by atoms with E-state index in [0.717, 1.165) is 4.47 Å². The van der Waals surface area contributed by atoms with Gasteiger partial charge in [0.1, 0.15) is 12.4 Å². The molecule has 2 aromatic rings. The van der Waals surface area contributed by atoms with Gasteiger partial charge in [0.25, 0.3) is 0 Å². The van der Waals surface area contributed by atoms with E-state index in [2.05, 4.69) is 21.0 Å². The summed E-state index contributed by atoms with van der Waals surface area (Å²) in [6.45, 7) is 1.86. The Hall–Kier alpha value is -1.69. The van der Waals surface area contributed by atoms with Gasteiger partial charge in [0, 0.05) is 17.1 Å². The van der Waals surface area contributed by atoms with E-state index in [-0.39, 0.29) is 11.5 Å². The summed E-state index contributed by atoms with van der Waals surface area (Å²) in [4.78, 5) is 24.3. The number of aromatic nitrogens is 3. The fraction of sp³-hybridized carbons (Fsp3) is 0.308. The molecule has 19 heavy (non-hydrogen) atoms. The summed E-state index contributed by atoms with van der Waals surface area (Å²) < 4.78 is 3.51. The van der Waals surface area contributed by atoms with Crippen molar-refractivity contribution in [2.45, 2.75) is 19.4 Å². The molecule has 0 spiro atoms. The summed E-state index contributed by atoms with van der Waals surface area (Å²) in [7, 11) is 1.61. The summed E-state index contributed by atoms with van der Waals surface area (Å²) in [5.74, 6) is -0.101. The fourth-order valence-electron chi connectivity index (χ4n) is 1.88. The smallest absolute Gasteiger partial charge is 0.292 e. The number of carbonyl (C=O) groups is 1. The van der Waals surface area contributed by atoms with Gasteiger partial charge in [-0.3, -0.25) is 9.36 Å². The van der Waals surface area contributed by atoms with E-state index >= 15 is 0 Å². The molecule has 1 aromatic carbocycles. The zero-order chi connectivity index (χ0) is 14.0. The summed E-state index contributed by atoms with van der Waals surface area (Å²) in [5, 5.41) is 3.99. The Morgan fingerprint density at radius 3 is 2.47 bits per heavy atom. The van der Waals surface area contributed by atoms with Gasteiger partial charge < -0.3 is 0 Å². The maximum atomic E-state index is 12.4. The van der Waals surface area contributed by atoms with Crippen LogP contribution in [-0.2, 0) is 7.05 Å². The molecule has 0 amide bonds. The van der Waals surface area contributed by atoms with E-state index in [0.29, 0.717) is 12.0 Å². The molecular weight excluding hydrogens is 310 g/mol. The van der Waals surface area contributed by atoms with Crippen LogP contribution in [0.25, 0.3) is 0 Å². The van der Waals surface area contributed by atoms with Crippen molar-refractivity contribution in [3.05, 3.63) is 51.1 Å². The molecular formula is C13H14BrN3O2. The van der Waals surface area contributed by atoms with Gasteiger partial charge in [-0.1, -0.05) is 35.0 Å². The van der Waals surface area contributed by atoms with Crippen LogP contribution >= 0.6 is 15.9 Å². The number of aryl methyl sites for hydroxylation is 1. The Morgan fingerprint density at radius 2 is 2.00 bits per heavy atom. The Kier molecular flexibility index (Phi) is 3.99. The normalized spacial score (nSPS) is 12.4. The van der Waals surface area contributed by atoms with E-state index in [1.54, 1.807) is 31.3 Å². The van der Waals surface area contributed by atoms with Gasteiger partial charge in [-0.25, -0.2) is 9.48 Å². The minimum absolute atomic E-state index is 0.101. The number of rotatable bonds is 4. The molecule has 6 heteroatoms. The van der Waals surface area contributed by atoms with E-state index < -0.39 is 6.04 Å². The van der Waals surface area contributed by atoms with E-state index in [1.807, 2.05) is 6.92 Å². The zero-order valence-electron chi connectivity index (χ0n) is 10.7. The van der Waals surface area contributed by atoms with Crippen molar-refractivity contribution in [1.82, 2.24) is 14.3 Å². The molecule has 0 saturated carbocycles. The van der Waals surface area contributed by atoms with Crippen LogP contribution in [0.3, 0.4) is 0 Å². The largest absolute Gasteiger partial charge is 0.346 e. The predicted molar refractivity (Wildman–Crippen MR) is 75.3 cm³/mol. The van der Waals surface area contributed by atoms with Gasteiger partial charge in [-0.15, -0.1) is 0 Å². The quantitative estimate of drug-likeness (QED) is 0.810. The highest BCUT2D eigenvalue weighted by atomic mass is 79.9. The van der Waals surface area contributed by atoms with Crippen LogP contribution < -0.4 is 5.69 Å². The molecule has 5 nitrogen and oxygen atoms in total. The molecule has 0 radical (unpaired) electrons. The van der Waals surface area contributed by atoms with Crippen molar-refractivity contribution in [3.8, 4) is 0 Å². The van der Waals surface area contributed by atoms with Gasteiger partial charge in [-0.05, 0) is 18.6 Å². The van der Waals surface area contributed by atoms with Crippen LogP contribution in [0.5, 0.6) is 0 Å². The summed E-state index contributed by atoms with van der Waals surface area (Å²) in [6.07, 6.45) is 1.94. The van der Waals surface area contributed by atoms with Gasteiger partial charge in [0.15, 0.2) is 5.78 Å². The minimum Gasteiger partial charge on any atom is -0.292 e. The first kappa shape index (κ1) is 13.7. The Balaban J connectivity index is 2.37. The van der Waals surface area contributed by atoms with Crippen LogP contribution in [0.4, 0.5) is 0 Å². The van der Waals surface area contributed by atoms with Crippen molar-refractivity contribution >= 4 is 21.7 Å². The molecule has 100 valence electrons. The first-order chi connectivity index (χ1) is 9.04. The number of benzene rings is 1. The number of hydrogen-bond acceptors (Lipinski definition) is 3. The topological polar surface area (TPSA) is 56.9 Å². The summed E-state index contributed by atoms with van der Waals surface area (Å²) in [6, 6.07) is 6.53. The van der Waals surface area contributed by atoms with Crippen molar-refractivity contribution in [3.63, 3.8) is 0 Å². The summed E-state index contributed by atoms with van der Waals surface area (Å²) in [5.41, 5.74) is 0.296. The van der Waals surface area contributed by atoms with E-state index in [4.69, 9.17) is 0 Å². The highest BCUT2D eigenvalue weighted by Gasteiger charge is 2.23. The van der Waals surface area contributed by atoms with Crippen LogP contribution in [0.1, 0.15) is 29.7 Å². The molecule has 0 fully saturated rings. The third kappa shape index (κ3) is 2.68. The van der Waals surface area contributed by atoms with E-state index in [9.17, 15) is 9.59 Å². The number of hydrogen-bond donors (Lipinski definition) is 0. The van der Waals surface area contributed by atoms with Crippen molar-refractivity contribution in [2.24, 2.45) is 7.05 Å². The lowest BCUT2D eigenvalue weighted by Crippen LogP contribution is -2.31. The molecule has 2 rings (SSSR count). The molecule has 0 aliphatic heterocycles. The lowest BCUT2D eigenvalue weighted by molar-refractivity contribution is 0.0911. The van der Waals surface area contributed by atoms with Crippen molar-refractivity contribution in [1.29, 1.82) is 0 Å². The maximum Gasteiger partial charge on any atom is 0.346 e. The molecule has 1 heterocycles. The second-order valence-electron chi connectivity index (χ2n) is 4.26.